The fourth-order valence-corrected chi connectivity index (χ4v) is 2.62. The molecule has 0 aliphatic heterocycles. The summed E-state index contributed by atoms with van der Waals surface area (Å²) in [6, 6.07) is 4.78. The first-order valence-electron chi connectivity index (χ1n) is 7.67. The van der Waals surface area contributed by atoms with Gasteiger partial charge in [-0.15, -0.1) is 0 Å². The number of aromatic nitrogens is 3. The topological polar surface area (TPSA) is 50.7 Å². The maximum absolute atomic E-state index is 4.68. The van der Waals surface area contributed by atoms with Crippen LogP contribution >= 0.6 is 0 Å². The Kier molecular flexibility index (Phi) is 4.25. The summed E-state index contributed by atoms with van der Waals surface area (Å²) >= 11 is 0. The Morgan fingerprint density at radius 1 is 1.19 bits per heavy atom. The minimum Gasteiger partial charge on any atom is -0.314 e. The second-order valence-corrected chi connectivity index (χ2v) is 5.81. The van der Waals surface area contributed by atoms with Crippen LogP contribution in [-0.2, 0) is 12.8 Å². The molecule has 0 saturated heterocycles. The van der Waals surface area contributed by atoms with Crippen LogP contribution < -0.4 is 5.32 Å². The van der Waals surface area contributed by atoms with Gasteiger partial charge in [0, 0.05) is 36.2 Å². The summed E-state index contributed by atoms with van der Waals surface area (Å²) < 4.78 is 0. The van der Waals surface area contributed by atoms with Gasteiger partial charge in [0.1, 0.15) is 5.82 Å². The Balaban J connectivity index is 1.69. The largest absolute Gasteiger partial charge is 0.314 e. The minimum atomic E-state index is 0.746. The zero-order valence-electron chi connectivity index (χ0n) is 12.8. The van der Waals surface area contributed by atoms with E-state index in [1.54, 1.807) is 6.20 Å². The van der Waals surface area contributed by atoms with Crippen molar-refractivity contribution in [2.75, 3.05) is 6.54 Å². The maximum atomic E-state index is 4.68. The third-order valence-electron chi connectivity index (χ3n) is 3.94. The summed E-state index contributed by atoms with van der Waals surface area (Å²) in [6.45, 7) is 5.21. The molecule has 21 heavy (non-hydrogen) atoms. The van der Waals surface area contributed by atoms with Gasteiger partial charge in [0.15, 0.2) is 0 Å². The molecule has 0 spiro atoms. The van der Waals surface area contributed by atoms with Crippen molar-refractivity contribution in [3.8, 4) is 0 Å². The summed E-state index contributed by atoms with van der Waals surface area (Å²) in [7, 11) is 0. The number of nitrogens with zero attached hydrogens (tertiary/aromatic N) is 3. The third kappa shape index (κ3) is 3.85. The predicted octanol–water partition coefficient (Wildman–Crippen LogP) is 2.37. The van der Waals surface area contributed by atoms with Crippen LogP contribution in [0.1, 0.15) is 41.2 Å². The van der Waals surface area contributed by atoms with Crippen molar-refractivity contribution in [3.05, 3.63) is 52.9 Å². The number of rotatable bonds is 6. The van der Waals surface area contributed by atoms with E-state index in [-0.39, 0.29) is 0 Å². The molecule has 4 heteroatoms. The van der Waals surface area contributed by atoms with E-state index < -0.39 is 0 Å². The fraction of sp³-hybridized carbons (Fsp3) is 0.471. The third-order valence-corrected chi connectivity index (χ3v) is 3.94. The first kappa shape index (κ1) is 14.1. The van der Waals surface area contributed by atoms with Gasteiger partial charge in [-0.2, -0.15) is 0 Å². The first-order valence-corrected chi connectivity index (χ1v) is 7.67. The summed E-state index contributed by atoms with van der Waals surface area (Å²) in [5, 5.41) is 3.55. The normalized spacial score (nSPS) is 14.4. The zero-order valence-corrected chi connectivity index (χ0v) is 12.8. The summed E-state index contributed by atoms with van der Waals surface area (Å²) in [5.74, 6) is 0.886. The lowest BCUT2D eigenvalue weighted by atomic mass is 10.1. The molecular formula is C17H22N4. The Hall–Kier alpha value is -1.81. The summed E-state index contributed by atoms with van der Waals surface area (Å²) in [5.41, 5.74) is 4.66. The van der Waals surface area contributed by atoms with Gasteiger partial charge < -0.3 is 5.32 Å². The lowest BCUT2D eigenvalue weighted by Crippen LogP contribution is -2.20. The molecule has 0 unspecified atom stereocenters. The highest BCUT2D eigenvalue weighted by Crippen LogP contribution is 2.19. The predicted molar refractivity (Wildman–Crippen MR) is 83.3 cm³/mol. The van der Waals surface area contributed by atoms with Gasteiger partial charge in [0.2, 0.25) is 0 Å². The Bertz CT molecular complexity index is 582. The van der Waals surface area contributed by atoms with Gasteiger partial charge >= 0.3 is 0 Å². The van der Waals surface area contributed by atoms with Crippen LogP contribution in [-0.4, -0.2) is 27.5 Å². The highest BCUT2D eigenvalue weighted by atomic mass is 14.9. The minimum absolute atomic E-state index is 0.746. The maximum Gasteiger partial charge on any atom is 0.133 e. The molecule has 1 fully saturated rings. The highest BCUT2D eigenvalue weighted by Gasteiger charge is 2.20. The number of nitrogens with one attached hydrogen (secondary N) is 1. The van der Waals surface area contributed by atoms with Gasteiger partial charge in [0.05, 0.1) is 0 Å². The zero-order chi connectivity index (χ0) is 14.7. The number of hydrogen-bond acceptors (Lipinski definition) is 4. The quantitative estimate of drug-likeness (QED) is 0.884. The van der Waals surface area contributed by atoms with Crippen LogP contribution in [0.2, 0.25) is 0 Å². The number of aryl methyl sites for hydroxylation is 2. The molecule has 0 atom stereocenters. The number of hydrogen-bond donors (Lipinski definition) is 1. The Morgan fingerprint density at radius 2 is 1.95 bits per heavy atom. The number of pyridine rings is 1. The molecule has 0 radical (unpaired) electrons. The van der Waals surface area contributed by atoms with Crippen molar-refractivity contribution in [1.29, 1.82) is 0 Å². The Labute approximate surface area is 126 Å². The van der Waals surface area contributed by atoms with E-state index in [1.165, 1.54) is 18.4 Å². The standard InChI is InChI=1S/C17H22N4/c1-12-16(7-9-19-15-5-6-15)13(2)21-17(20-12)10-14-4-3-8-18-11-14/h3-4,8,11,15,19H,5-7,9-10H2,1-2H3. The van der Waals surface area contributed by atoms with E-state index in [9.17, 15) is 0 Å². The van der Waals surface area contributed by atoms with Gasteiger partial charge in [-0.1, -0.05) is 6.07 Å². The molecule has 4 nitrogen and oxygen atoms in total. The molecule has 110 valence electrons. The van der Waals surface area contributed by atoms with E-state index in [0.717, 1.165) is 48.2 Å². The van der Waals surface area contributed by atoms with Crippen LogP contribution in [0.3, 0.4) is 0 Å². The van der Waals surface area contributed by atoms with Crippen molar-refractivity contribution in [2.45, 2.75) is 45.6 Å². The van der Waals surface area contributed by atoms with Gasteiger partial charge in [-0.3, -0.25) is 4.98 Å². The van der Waals surface area contributed by atoms with E-state index in [1.807, 2.05) is 12.3 Å². The van der Waals surface area contributed by atoms with E-state index >= 15 is 0 Å². The molecule has 0 amide bonds. The van der Waals surface area contributed by atoms with E-state index in [4.69, 9.17) is 0 Å². The van der Waals surface area contributed by atoms with Crippen molar-refractivity contribution in [2.24, 2.45) is 0 Å². The van der Waals surface area contributed by atoms with Crippen LogP contribution in [0.25, 0.3) is 0 Å². The average Bonchev–Trinajstić information content (AvgIpc) is 3.27. The molecule has 2 aromatic rings. The molecule has 0 bridgehead atoms. The van der Waals surface area contributed by atoms with Crippen molar-refractivity contribution in [1.82, 2.24) is 20.3 Å². The molecule has 1 aliphatic carbocycles. The van der Waals surface area contributed by atoms with Gasteiger partial charge in [-0.05, 0) is 56.8 Å². The molecule has 1 N–H and O–H groups in total. The molecule has 1 saturated carbocycles. The first-order chi connectivity index (χ1) is 10.2. The fourth-order valence-electron chi connectivity index (χ4n) is 2.62. The van der Waals surface area contributed by atoms with Crippen molar-refractivity contribution >= 4 is 0 Å². The van der Waals surface area contributed by atoms with Crippen LogP contribution in [0, 0.1) is 13.8 Å². The van der Waals surface area contributed by atoms with Crippen LogP contribution in [0.4, 0.5) is 0 Å². The molecule has 2 heterocycles. The van der Waals surface area contributed by atoms with Crippen molar-refractivity contribution < 1.29 is 0 Å². The Morgan fingerprint density at radius 3 is 2.57 bits per heavy atom. The lowest BCUT2D eigenvalue weighted by molar-refractivity contribution is 0.674. The lowest BCUT2D eigenvalue weighted by Gasteiger charge is -2.11. The van der Waals surface area contributed by atoms with Gasteiger partial charge in [-0.25, -0.2) is 9.97 Å². The van der Waals surface area contributed by atoms with Crippen LogP contribution in [0.15, 0.2) is 24.5 Å². The van der Waals surface area contributed by atoms with E-state index in [0.29, 0.717) is 0 Å². The molecule has 0 aromatic carbocycles. The van der Waals surface area contributed by atoms with Gasteiger partial charge in [0.25, 0.3) is 0 Å². The molecule has 2 aromatic heterocycles. The second kappa shape index (κ2) is 6.31. The summed E-state index contributed by atoms with van der Waals surface area (Å²) in [6.07, 6.45) is 8.09. The van der Waals surface area contributed by atoms with Crippen molar-refractivity contribution in [3.63, 3.8) is 0 Å². The molecular weight excluding hydrogens is 260 g/mol. The molecule has 3 rings (SSSR count). The molecule has 1 aliphatic rings. The smallest absolute Gasteiger partial charge is 0.133 e. The highest BCUT2D eigenvalue weighted by molar-refractivity contribution is 5.26. The summed E-state index contributed by atoms with van der Waals surface area (Å²) in [4.78, 5) is 13.5. The SMILES string of the molecule is Cc1nc(Cc2cccnc2)nc(C)c1CCNC1CC1. The van der Waals surface area contributed by atoms with Crippen LogP contribution in [0.5, 0.6) is 0 Å². The monoisotopic (exact) mass is 282 g/mol. The van der Waals surface area contributed by atoms with E-state index in [2.05, 4.69) is 40.2 Å². The average molecular weight is 282 g/mol. The second-order valence-electron chi connectivity index (χ2n) is 5.81.